The zero-order chi connectivity index (χ0) is 14.0. The van der Waals surface area contributed by atoms with Gasteiger partial charge in [-0.3, -0.25) is 5.32 Å². The number of carbonyl (C=O) groups excluding carboxylic acids is 1. The van der Waals surface area contributed by atoms with Gasteiger partial charge in [-0.05, 0) is 18.4 Å². The minimum Gasteiger partial charge on any atom is -0.466 e. The van der Waals surface area contributed by atoms with Gasteiger partial charge >= 0.3 is 5.97 Å². The quantitative estimate of drug-likeness (QED) is 0.868. The first kappa shape index (κ1) is 14.0. The number of hydrogen-bond donors (Lipinski definition) is 1. The smallest absolute Gasteiger partial charge is 0.336 e. The number of hydrogen-bond acceptors (Lipinski definition) is 5. The lowest BCUT2D eigenvalue weighted by Crippen LogP contribution is -2.42. The molecule has 7 heteroatoms. The zero-order valence-electron chi connectivity index (χ0n) is 10.6. The Morgan fingerprint density at radius 1 is 1.58 bits per heavy atom. The summed E-state index contributed by atoms with van der Waals surface area (Å²) in [5.74, 6) is -0.441. The predicted octanol–water partition coefficient (Wildman–Crippen LogP) is 2.50. The Hall–Kier alpha value is -1.47. The van der Waals surface area contributed by atoms with Crippen molar-refractivity contribution in [3.63, 3.8) is 0 Å². The first-order valence-corrected chi connectivity index (χ1v) is 6.56. The van der Waals surface area contributed by atoms with E-state index in [0.717, 1.165) is 11.3 Å². The van der Waals surface area contributed by atoms with Gasteiger partial charge in [-0.25, -0.2) is 13.6 Å². The van der Waals surface area contributed by atoms with Gasteiger partial charge in [-0.2, -0.15) is 0 Å². The third-order valence-corrected chi connectivity index (χ3v) is 3.92. The molecule has 0 saturated heterocycles. The van der Waals surface area contributed by atoms with Crippen LogP contribution < -0.4 is 10.2 Å². The van der Waals surface area contributed by atoms with E-state index < -0.39 is 12.4 Å². The van der Waals surface area contributed by atoms with Crippen LogP contribution in [0.15, 0.2) is 22.7 Å². The Labute approximate surface area is 113 Å². The second kappa shape index (κ2) is 5.66. The van der Waals surface area contributed by atoms with E-state index in [9.17, 15) is 13.6 Å². The molecular weight excluding hydrogens is 274 g/mol. The fraction of sp³-hybridized carbons (Fsp3) is 0.417. The molecule has 0 spiro atoms. The molecule has 19 heavy (non-hydrogen) atoms. The van der Waals surface area contributed by atoms with Gasteiger partial charge in [-0.1, -0.05) is 0 Å². The summed E-state index contributed by atoms with van der Waals surface area (Å²) >= 11 is 1.01. The number of rotatable bonds is 3. The number of carbonyl (C=O) groups is 1. The second-order valence-corrected chi connectivity index (χ2v) is 4.99. The molecule has 2 heterocycles. The lowest BCUT2D eigenvalue weighted by molar-refractivity contribution is -0.136. The Morgan fingerprint density at radius 2 is 2.32 bits per heavy atom. The summed E-state index contributed by atoms with van der Waals surface area (Å²) in [7, 11) is 1.30. The van der Waals surface area contributed by atoms with Crippen LogP contribution in [0.3, 0.4) is 0 Å². The highest BCUT2D eigenvalue weighted by molar-refractivity contribution is 7.10. The van der Waals surface area contributed by atoms with Crippen LogP contribution >= 0.6 is 11.3 Å². The molecule has 0 unspecified atom stereocenters. The van der Waals surface area contributed by atoms with Crippen molar-refractivity contribution in [3.8, 4) is 0 Å². The summed E-state index contributed by atoms with van der Waals surface area (Å²) in [6.45, 7) is 2.51. The van der Waals surface area contributed by atoms with Crippen LogP contribution in [0.25, 0.3) is 0 Å². The van der Waals surface area contributed by atoms with Gasteiger partial charge in [0.1, 0.15) is 0 Å². The molecule has 0 bridgehead atoms. The monoisotopic (exact) mass is 288 g/mol. The molecule has 1 N–H and O–H groups in total. The standard InChI is InChI=1S/C12H14F2N2O2S/c1-7-8(12(17)18-2)5-15-6-16(7)9-3-4-19-10(9)11(13)14/h3-4,11,15H,5-6H2,1-2H3. The molecule has 0 fully saturated rings. The molecule has 0 radical (unpaired) electrons. The average molecular weight is 288 g/mol. The largest absolute Gasteiger partial charge is 0.466 e. The molecule has 0 amide bonds. The van der Waals surface area contributed by atoms with Crippen LogP contribution in [0, 0.1) is 0 Å². The summed E-state index contributed by atoms with van der Waals surface area (Å²) in [5, 5.41) is 4.63. The van der Waals surface area contributed by atoms with Crippen molar-refractivity contribution in [3.05, 3.63) is 27.6 Å². The summed E-state index contributed by atoms with van der Waals surface area (Å²) in [4.78, 5) is 13.3. The van der Waals surface area contributed by atoms with Gasteiger partial charge < -0.3 is 9.64 Å². The molecule has 0 atom stereocenters. The van der Waals surface area contributed by atoms with Gasteiger partial charge in [0, 0.05) is 12.2 Å². The minimum atomic E-state index is -2.52. The van der Waals surface area contributed by atoms with Crippen LogP contribution in [0.1, 0.15) is 18.2 Å². The number of nitrogens with one attached hydrogen (secondary N) is 1. The summed E-state index contributed by atoms with van der Waals surface area (Å²) in [6.07, 6.45) is -2.52. The molecule has 1 aliphatic heterocycles. The number of anilines is 1. The molecule has 2 rings (SSSR count). The maximum Gasteiger partial charge on any atom is 0.336 e. The molecule has 1 aromatic heterocycles. The van der Waals surface area contributed by atoms with Gasteiger partial charge in [0.2, 0.25) is 0 Å². The van der Waals surface area contributed by atoms with E-state index in [1.807, 2.05) is 0 Å². The highest BCUT2D eigenvalue weighted by atomic mass is 32.1. The fourth-order valence-corrected chi connectivity index (χ4v) is 2.76. The number of alkyl halides is 2. The minimum absolute atomic E-state index is 0.00673. The molecule has 104 valence electrons. The normalized spacial score (nSPS) is 16.2. The van der Waals surface area contributed by atoms with Crippen molar-refractivity contribution in [2.24, 2.45) is 0 Å². The SMILES string of the molecule is COC(=O)C1=C(C)N(c2ccsc2C(F)F)CNC1. The Kier molecular flexibility index (Phi) is 4.16. The van der Waals surface area contributed by atoms with Crippen molar-refractivity contribution in [2.45, 2.75) is 13.3 Å². The Bertz CT molecular complexity index is 514. The van der Waals surface area contributed by atoms with E-state index in [2.05, 4.69) is 5.32 Å². The van der Waals surface area contributed by atoms with E-state index >= 15 is 0 Å². The van der Waals surface area contributed by atoms with E-state index in [-0.39, 0.29) is 4.88 Å². The first-order valence-electron chi connectivity index (χ1n) is 5.68. The molecule has 0 saturated carbocycles. The van der Waals surface area contributed by atoms with Gasteiger partial charge in [0.25, 0.3) is 6.43 Å². The van der Waals surface area contributed by atoms with Gasteiger partial charge in [0.05, 0.1) is 29.9 Å². The number of methoxy groups -OCH3 is 1. The highest BCUT2D eigenvalue weighted by Gasteiger charge is 2.26. The fourth-order valence-electron chi connectivity index (χ4n) is 2.01. The maximum absolute atomic E-state index is 12.9. The molecule has 4 nitrogen and oxygen atoms in total. The zero-order valence-corrected chi connectivity index (χ0v) is 11.4. The molecule has 0 aromatic carbocycles. The molecule has 0 aliphatic carbocycles. The van der Waals surface area contributed by atoms with Crippen LogP contribution in [0.5, 0.6) is 0 Å². The van der Waals surface area contributed by atoms with Crippen LogP contribution in [-0.4, -0.2) is 26.3 Å². The van der Waals surface area contributed by atoms with Crippen molar-refractivity contribution >= 4 is 23.0 Å². The van der Waals surface area contributed by atoms with E-state index in [1.165, 1.54) is 7.11 Å². The molecule has 1 aliphatic rings. The third kappa shape index (κ3) is 2.62. The van der Waals surface area contributed by atoms with Crippen LogP contribution in [-0.2, 0) is 9.53 Å². The highest BCUT2D eigenvalue weighted by Crippen LogP contribution is 2.37. The van der Waals surface area contributed by atoms with Crippen molar-refractivity contribution in [1.82, 2.24) is 5.32 Å². The first-order chi connectivity index (χ1) is 9.06. The number of allylic oxidation sites excluding steroid dienone is 1. The average Bonchev–Trinajstić information content (AvgIpc) is 2.87. The van der Waals surface area contributed by atoms with Crippen LogP contribution in [0.4, 0.5) is 14.5 Å². The Balaban J connectivity index is 2.39. The van der Waals surface area contributed by atoms with E-state index in [4.69, 9.17) is 4.74 Å². The topological polar surface area (TPSA) is 41.6 Å². The number of ether oxygens (including phenoxy) is 1. The molecule has 1 aromatic rings. The van der Waals surface area contributed by atoms with Gasteiger partial charge in [0.15, 0.2) is 0 Å². The summed E-state index contributed by atoms with van der Waals surface area (Å²) < 4.78 is 30.5. The van der Waals surface area contributed by atoms with E-state index in [1.54, 1.807) is 23.3 Å². The number of thiophene rings is 1. The number of esters is 1. The number of nitrogens with zero attached hydrogens (tertiary/aromatic N) is 1. The number of halogens is 2. The second-order valence-electron chi connectivity index (χ2n) is 4.04. The predicted molar refractivity (Wildman–Crippen MR) is 69.3 cm³/mol. The lowest BCUT2D eigenvalue weighted by Gasteiger charge is -2.32. The van der Waals surface area contributed by atoms with Crippen molar-refractivity contribution in [2.75, 3.05) is 25.2 Å². The van der Waals surface area contributed by atoms with E-state index in [0.29, 0.717) is 30.2 Å². The van der Waals surface area contributed by atoms with Gasteiger partial charge in [-0.15, -0.1) is 11.3 Å². The van der Waals surface area contributed by atoms with Crippen LogP contribution in [0.2, 0.25) is 0 Å². The Morgan fingerprint density at radius 3 is 2.95 bits per heavy atom. The lowest BCUT2D eigenvalue weighted by atomic mass is 10.1. The van der Waals surface area contributed by atoms with Crippen molar-refractivity contribution < 1.29 is 18.3 Å². The maximum atomic E-state index is 12.9. The molecular formula is C12H14F2N2O2S. The summed E-state index contributed by atoms with van der Waals surface area (Å²) in [6, 6.07) is 1.64. The third-order valence-electron chi connectivity index (χ3n) is 3.01. The van der Waals surface area contributed by atoms with Crippen molar-refractivity contribution in [1.29, 1.82) is 0 Å². The summed E-state index contributed by atoms with van der Waals surface area (Å²) in [5.41, 5.74) is 1.54.